The number of hydrogen-bond acceptors (Lipinski definition) is 3. The van der Waals surface area contributed by atoms with Gasteiger partial charge >= 0.3 is 0 Å². The van der Waals surface area contributed by atoms with Crippen molar-refractivity contribution in [1.82, 2.24) is 4.98 Å². The topological polar surface area (TPSA) is 55.1 Å². The number of aromatic nitrogens is 1. The van der Waals surface area contributed by atoms with Crippen LogP contribution in [0.1, 0.15) is 15.9 Å². The summed E-state index contributed by atoms with van der Waals surface area (Å²) in [6, 6.07) is 18.6. The maximum Gasteiger partial charge on any atom is 0.255 e. The summed E-state index contributed by atoms with van der Waals surface area (Å²) in [5.41, 5.74) is 3.98. The summed E-state index contributed by atoms with van der Waals surface area (Å²) < 4.78 is 19.2. The van der Waals surface area contributed by atoms with Gasteiger partial charge in [0.2, 0.25) is 5.89 Å². The predicted molar refractivity (Wildman–Crippen MR) is 98.5 cm³/mol. The Morgan fingerprint density at radius 1 is 1.04 bits per heavy atom. The SMILES string of the molecule is Cc1c(NC(=O)c2cccc(F)c2)cccc1-c1nc2ccccc2o1. The van der Waals surface area contributed by atoms with Crippen molar-refractivity contribution in [2.45, 2.75) is 6.92 Å². The van der Waals surface area contributed by atoms with Crippen molar-refractivity contribution in [3.8, 4) is 11.5 Å². The standard InChI is InChI=1S/C21H15FN2O2/c1-13-16(21-24-18-9-2-3-11-19(18)26-21)8-5-10-17(13)23-20(25)14-6-4-7-15(22)12-14/h2-12H,1H3,(H,23,25). The van der Waals surface area contributed by atoms with Crippen molar-refractivity contribution in [2.24, 2.45) is 0 Å². The first kappa shape index (κ1) is 16.0. The van der Waals surface area contributed by atoms with Gasteiger partial charge in [-0.25, -0.2) is 9.37 Å². The molecule has 26 heavy (non-hydrogen) atoms. The monoisotopic (exact) mass is 346 g/mol. The third kappa shape index (κ3) is 2.95. The average Bonchev–Trinajstić information content (AvgIpc) is 3.07. The van der Waals surface area contributed by atoms with Crippen molar-refractivity contribution in [3.05, 3.63) is 83.7 Å². The molecule has 4 nitrogen and oxygen atoms in total. The van der Waals surface area contributed by atoms with Crippen molar-refractivity contribution >= 4 is 22.7 Å². The largest absolute Gasteiger partial charge is 0.436 e. The van der Waals surface area contributed by atoms with Crippen LogP contribution in [0.25, 0.3) is 22.6 Å². The van der Waals surface area contributed by atoms with Crippen LogP contribution in [0.4, 0.5) is 10.1 Å². The summed E-state index contributed by atoms with van der Waals surface area (Å²) >= 11 is 0. The normalized spacial score (nSPS) is 10.8. The second-order valence-corrected chi connectivity index (χ2v) is 5.93. The number of nitrogens with zero attached hydrogens (tertiary/aromatic N) is 1. The highest BCUT2D eigenvalue weighted by atomic mass is 19.1. The minimum Gasteiger partial charge on any atom is -0.436 e. The molecule has 128 valence electrons. The van der Waals surface area contributed by atoms with Crippen LogP contribution in [-0.2, 0) is 0 Å². The molecule has 0 saturated carbocycles. The molecule has 0 unspecified atom stereocenters. The smallest absolute Gasteiger partial charge is 0.255 e. The molecule has 0 aliphatic rings. The number of rotatable bonds is 3. The summed E-state index contributed by atoms with van der Waals surface area (Å²) in [7, 11) is 0. The molecule has 1 heterocycles. The highest BCUT2D eigenvalue weighted by Gasteiger charge is 2.14. The number of amides is 1. The van der Waals surface area contributed by atoms with Crippen LogP contribution in [0.15, 0.2) is 71.1 Å². The van der Waals surface area contributed by atoms with Gasteiger partial charge in [0.05, 0.1) is 0 Å². The van der Waals surface area contributed by atoms with Gasteiger partial charge in [0.1, 0.15) is 11.3 Å². The molecule has 0 fully saturated rings. The van der Waals surface area contributed by atoms with Crippen LogP contribution in [0.2, 0.25) is 0 Å². The van der Waals surface area contributed by atoms with Crippen molar-refractivity contribution in [3.63, 3.8) is 0 Å². The highest BCUT2D eigenvalue weighted by Crippen LogP contribution is 2.30. The minimum absolute atomic E-state index is 0.261. The van der Waals surface area contributed by atoms with Crippen molar-refractivity contribution in [1.29, 1.82) is 0 Å². The molecule has 0 spiro atoms. The fourth-order valence-electron chi connectivity index (χ4n) is 2.81. The maximum absolute atomic E-state index is 13.3. The molecular formula is C21H15FN2O2. The lowest BCUT2D eigenvalue weighted by atomic mass is 10.1. The van der Waals surface area contributed by atoms with Crippen molar-refractivity contribution in [2.75, 3.05) is 5.32 Å². The Morgan fingerprint density at radius 3 is 2.65 bits per heavy atom. The molecule has 1 aromatic heterocycles. The maximum atomic E-state index is 13.3. The molecule has 4 aromatic rings. The van der Waals surface area contributed by atoms with Crippen molar-refractivity contribution < 1.29 is 13.6 Å². The zero-order valence-corrected chi connectivity index (χ0v) is 14.0. The number of oxazole rings is 1. The van der Waals surface area contributed by atoms with Gasteiger partial charge < -0.3 is 9.73 Å². The second kappa shape index (κ2) is 6.44. The van der Waals surface area contributed by atoms with Crippen LogP contribution in [-0.4, -0.2) is 10.9 Å². The van der Waals surface area contributed by atoms with E-state index in [0.29, 0.717) is 17.2 Å². The number of hydrogen-bond donors (Lipinski definition) is 1. The molecule has 3 aromatic carbocycles. The van der Waals surface area contributed by atoms with Crippen LogP contribution in [0.3, 0.4) is 0 Å². The van der Waals surface area contributed by atoms with E-state index in [4.69, 9.17) is 4.42 Å². The number of benzene rings is 3. The van der Waals surface area contributed by atoms with Crippen LogP contribution in [0.5, 0.6) is 0 Å². The highest BCUT2D eigenvalue weighted by molar-refractivity contribution is 6.05. The molecule has 0 bridgehead atoms. The van der Waals surface area contributed by atoms with Gasteiger partial charge in [0.15, 0.2) is 5.58 Å². The number of halogens is 1. The Bertz CT molecular complexity index is 1080. The van der Waals surface area contributed by atoms with Gasteiger partial charge in [-0.3, -0.25) is 4.79 Å². The number of anilines is 1. The Labute approximate surface area is 149 Å². The molecule has 0 saturated heterocycles. The van der Waals surface area contributed by atoms with E-state index >= 15 is 0 Å². The van der Waals surface area contributed by atoms with Crippen LogP contribution >= 0.6 is 0 Å². The van der Waals surface area contributed by atoms with Gasteiger partial charge in [-0.15, -0.1) is 0 Å². The third-order valence-electron chi connectivity index (χ3n) is 4.19. The molecule has 0 atom stereocenters. The van der Waals surface area contributed by atoms with E-state index < -0.39 is 5.82 Å². The van der Waals surface area contributed by atoms with E-state index in [1.807, 2.05) is 43.3 Å². The molecule has 1 N–H and O–H groups in total. The third-order valence-corrected chi connectivity index (χ3v) is 4.19. The van der Waals surface area contributed by atoms with E-state index in [-0.39, 0.29) is 11.5 Å². The molecule has 0 radical (unpaired) electrons. The first-order valence-electron chi connectivity index (χ1n) is 8.14. The second-order valence-electron chi connectivity index (χ2n) is 5.93. The van der Waals surface area contributed by atoms with Gasteiger partial charge in [0.25, 0.3) is 5.91 Å². The molecule has 4 rings (SSSR count). The van der Waals surface area contributed by atoms with E-state index in [1.54, 1.807) is 12.1 Å². The van der Waals surface area contributed by atoms with E-state index in [0.717, 1.165) is 16.6 Å². The molecule has 5 heteroatoms. The Morgan fingerprint density at radius 2 is 1.85 bits per heavy atom. The predicted octanol–water partition coefficient (Wildman–Crippen LogP) is 5.19. The number of fused-ring (bicyclic) bond motifs is 1. The van der Waals surface area contributed by atoms with Gasteiger partial charge in [-0.2, -0.15) is 0 Å². The number of para-hydroxylation sites is 2. The fraction of sp³-hybridized carbons (Fsp3) is 0.0476. The first-order valence-corrected chi connectivity index (χ1v) is 8.14. The summed E-state index contributed by atoms with van der Waals surface area (Å²) in [6.07, 6.45) is 0. The summed E-state index contributed by atoms with van der Waals surface area (Å²) in [4.78, 5) is 16.9. The lowest BCUT2D eigenvalue weighted by Gasteiger charge is -2.11. The van der Waals surface area contributed by atoms with E-state index in [2.05, 4.69) is 10.3 Å². The van der Waals surface area contributed by atoms with Gasteiger partial charge in [0, 0.05) is 16.8 Å². The summed E-state index contributed by atoms with van der Waals surface area (Å²) in [5.74, 6) is -0.331. The lowest BCUT2D eigenvalue weighted by Crippen LogP contribution is -2.13. The molecule has 1 amide bonds. The van der Waals surface area contributed by atoms with Gasteiger partial charge in [-0.1, -0.05) is 24.3 Å². The summed E-state index contributed by atoms with van der Waals surface area (Å²) in [5, 5.41) is 2.82. The van der Waals surface area contributed by atoms with E-state index in [9.17, 15) is 9.18 Å². The first-order chi connectivity index (χ1) is 12.6. The Balaban J connectivity index is 1.68. The summed E-state index contributed by atoms with van der Waals surface area (Å²) in [6.45, 7) is 1.88. The number of carbonyl (C=O) groups is 1. The molecule has 0 aliphatic heterocycles. The zero-order valence-electron chi connectivity index (χ0n) is 14.0. The minimum atomic E-state index is -0.449. The van der Waals surface area contributed by atoms with Crippen LogP contribution in [0, 0.1) is 12.7 Å². The Hall–Kier alpha value is -3.47. The Kier molecular flexibility index (Phi) is 3.97. The fourth-order valence-corrected chi connectivity index (χ4v) is 2.81. The number of carbonyl (C=O) groups excluding carboxylic acids is 1. The zero-order chi connectivity index (χ0) is 18.1. The molecular weight excluding hydrogens is 331 g/mol. The number of nitrogens with one attached hydrogen (secondary N) is 1. The van der Waals surface area contributed by atoms with Crippen LogP contribution < -0.4 is 5.32 Å². The van der Waals surface area contributed by atoms with E-state index in [1.165, 1.54) is 18.2 Å². The quantitative estimate of drug-likeness (QED) is 0.555. The average molecular weight is 346 g/mol. The lowest BCUT2D eigenvalue weighted by molar-refractivity contribution is 0.102. The van der Waals surface area contributed by atoms with Gasteiger partial charge in [-0.05, 0) is 55.0 Å². The molecule has 0 aliphatic carbocycles.